The van der Waals surface area contributed by atoms with E-state index in [9.17, 15) is 4.79 Å². The molecule has 0 aromatic heterocycles. The van der Waals surface area contributed by atoms with Crippen LogP contribution < -0.4 is 0 Å². The lowest BCUT2D eigenvalue weighted by Crippen LogP contribution is -2.27. The van der Waals surface area contributed by atoms with Crippen LogP contribution in [0.1, 0.15) is 0 Å². The standard InChI is InChI=1S/C7H8BN3O2/c1-13-10-6-4-11(7(8)12)3-5(6)2-9/h5H,3-4H2,1H3/b10-6+. The Morgan fingerprint density at radius 1 is 1.92 bits per heavy atom. The number of likely N-dealkylation sites (tertiary alicyclic amines) is 1. The van der Waals surface area contributed by atoms with Crippen molar-refractivity contribution in [3.8, 4) is 6.07 Å². The fourth-order valence-electron chi connectivity index (χ4n) is 1.19. The van der Waals surface area contributed by atoms with Gasteiger partial charge in [-0.2, -0.15) is 5.26 Å². The van der Waals surface area contributed by atoms with Gasteiger partial charge in [-0.05, 0) is 0 Å². The molecule has 2 radical (unpaired) electrons. The summed E-state index contributed by atoms with van der Waals surface area (Å²) in [5, 5.41) is 12.4. The van der Waals surface area contributed by atoms with Gasteiger partial charge in [0.15, 0.2) is 5.81 Å². The molecule has 0 N–H and O–H groups in total. The van der Waals surface area contributed by atoms with Gasteiger partial charge >= 0.3 is 0 Å². The molecule has 1 aliphatic rings. The highest BCUT2D eigenvalue weighted by Gasteiger charge is 2.30. The van der Waals surface area contributed by atoms with Crippen molar-refractivity contribution < 1.29 is 9.63 Å². The molecule has 1 amide bonds. The first-order chi connectivity index (χ1) is 6.19. The summed E-state index contributed by atoms with van der Waals surface area (Å²) in [5.74, 6) is -0.936. The molecule has 0 bridgehead atoms. The summed E-state index contributed by atoms with van der Waals surface area (Å²) in [5.41, 5.74) is 0.545. The van der Waals surface area contributed by atoms with Crippen LogP contribution in [-0.4, -0.2) is 44.5 Å². The molecular weight excluding hydrogens is 169 g/mol. The summed E-state index contributed by atoms with van der Waals surface area (Å²) < 4.78 is 0. The van der Waals surface area contributed by atoms with Crippen molar-refractivity contribution >= 4 is 19.4 Å². The third kappa shape index (κ3) is 1.99. The van der Waals surface area contributed by atoms with E-state index in [0.29, 0.717) is 12.3 Å². The second kappa shape index (κ2) is 3.94. The molecular formula is C7H8BN3O2. The van der Waals surface area contributed by atoms with Crippen LogP contribution in [0.5, 0.6) is 0 Å². The summed E-state index contributed by atoms with van der Waals surface area (Å²) in [4.78, 5) is 16.7. The Balaban J connectivity index is 2.74. The zero-order valence-corrected chi connectivity index (χ0v) is 7.23. The fourth-order valence-corrected chi connectivity index (χ4v) is 1.19. The third-order valence-electron chi connectivity index (χ3n) is 1.83. The van der Waals surface area contributed by atoms with Crippen molar-refractivity contribution in [2.75, 3.05) is 20.2 Å². The van der Waals surface area contributed by atoms with Crippen LogP contribution in [0.2, 0.25) is 0 Å². The number of oxime groups is 1. The molecule has 6 heteroatoms. The van der Waals surface area contributed by atoms with Gasteiger partial charge in [0.1, 0.15) is 13.0 Å². The Bertz CT molecular complexity index is 284. The number of carbonyl (C=O) groups is 1. The monoisotopic (exact) mass is 177 g/mol. The van der Waals surface area contributed by atoms with E-state index in [1.54, 1.807) is 0 Å². The van der Waals surface area contributed by atoms with Crippen LogP contribution in [0.4, 0.5) is 4.79 Å². The van der Waals surface area contributed by atoms with Crippen LogP contribution >= 0.6 is 0 Å². The average molecular weight is 177 g/mol. The van der Waals surface area contributed by atoms with Crippen LogP contribution in [0.3, 0.4) is 0 Å². The topological polar surface area (TPSA) is 65.7 Å². The highest BCUT2D eigenvalue weighted by atomic mass is 16.6. The summed E-state index contributed by atoms with van der Waals surface area (Å²) >= 11 is 0. The number of hydrogen-bond donors (Lipinski definition) is 0. The van der Waals surface area contributed by atoms with Gasteiger partial charge in [-0.25, -0.2) is 0 Å². The summed E-state index contributed by atoms with van der Waals surface area (Å²) in [7, 11) is 6.45. The first kappa shape index (κ1) is 9.58. The minimum Gasteiger partial charge on any atom is -0.399 e. The van der Waals surface area contributed by atoms with Gasteiger partial charge in [-0.3, -0.25) is 4.79 Å². The largest absolute Gasteiger partial charge is 0.399 e. The van der Waals surface area contributed by atoms with E-state index in [4.69, 9.17) is 13.1 Å². The van der Waals surface area contributed by atoms with E-state index in [0.717, 1.165) is 0 Å². The molecule has 0 saturated carbocycles. The quantitative estimate of drug-likeness (QED) is 0.409. The van der Waals surface area contributed by atoms with Gasteiger partial charge in [0.05, 0.1) is 18.3 Å². The normalized spacial score (nSPS) is 24.5. The molecule has 1 unspecified atom stereocenters. The van der Waals surface area contributed by atoms with Gasteiger partial charge in [0.25, 0.3) is 0 Å². The van der Waals surface area contributed by atoms with Crippen molar-refractivity contribution in [3.05, 3.63) is 0 Å². The Morgan fingerprint density at radius 2 is 2.62 bits per heavy atom. The lowest BCUT2D eigenvalue weighted by molar-refractivity contribution is 0.211. The van der Waals surface area contributed by atoms with E-state index >= 15 is 0 Å². The molecule has 1 saturated heterocycles. The van der Waals surface area contributed by atoms with Gasteiger partial charge < -0.3 is 9.74 Å². The lowest BCUT2D eigenvalue weighted by Gasteiger charge is -2.10. The van der Waals surface area contributed by atoms with Crippen LogP contribution in [-0.2, 0) is 4.84 Å². The average Bonchev–Trinajstić information content (AvgIpc) is 2.48. The molecule has 1 aliphatic heterocycles. The number of rotatable bonds is 1. The molecule has 66 valence electrons. The van der Waals surface area contributed by atoms with Crippen LogP contribution in [0.25, 0.3) is 0 Å². The maximum atomic E-state index is 10.8. The first-order valence-electron chi connectivity index (χ1n) is 3.73. The van der Waals surface area contributed by atoms with Crippen LogP contribution in [0.15, 0.2) is 5.16 Å². The van der Waals surface area contributed by atoms with Gasteiger partial charge in [0, 0.05) is 6.54 Å². The van der Waals surface area contributed by atoms with Crippen molar-refractivity contribution in [2.45, 2.75) is 0 Å². The minimum atomic E-state index is -0.540. The molecule has 0 aromatic carbocycles. The van der Waals surface area contributed by atoms with E-state index in [1.165, 1.54) is 12.0 Å². The van der Waals surface area contributed by atoms with Gasteiger partial charge in [0.2, 0.25) is 7.85 Å². The van der Waals surface area contributed by atoms with Gasteiger partial charge in [-0.15, -0.1) is 0 Å². The Labute approximate surface area is 77.4 Å². The molecule has 0 spiro atoms. The number of amides is 1. The Kier molecular flexibility index (Phi) is 2.90. The molecule has 1 atom stereocenters. The number of carbonyl (C=O) groups excluding carboxylic acids is 1. The van der Waals surface area contributed by atoms with Crippen LogP contribution in [0, 0.1) is 17.2 Å². The second-order valence-electron chi connectivity index (χ2n) is 2.67. The second-order valence-corrected chi connectivity index (χ2v) is 2.67. The molecule has 1 heterocycles. The third-order valence-corrected chi connectivity index (χ3v) is 1.83. The smallest absolute Gasteiger partial charge is 0.200 e. The van der Waals surface area contributed by atoms with Crippen molar-refractivity contribution in [1.82, 2.24) is 4.90 Å². The zero-order chi connectivity index (χ0) is 9.84. The van der Waals surface area contributed by atoms with Crippen molar-refractivity contribution in [1.29, 1.82) is 5.26 Å². The highest BCUT2D eigenvalue weighted by molar-refractivity contribution is 6.57. The molecule has 1 rings (SSSR count). The first-order valence-corrected chi connectivity index (χ1v) is 3.73. The van der Waals surface area contributed by atoms with E-state index in [-0.39, 0.29) is 6.54 Å². The van der Waals surface area contributed by atoms with E-state index in [2.05, 4.69) is 9.99 Å². The number of hydrogen-bond acceptors (Lipinski definition) is 4. The molecule has 13 heavy (non-hydrogen) atoms. The Morgan fingerprint density at radius 3 is 3.08 bits per heavy atom. The van der Waals surface area contributed by atoms with Crippen molar-refractivity contribution in [3.63, 3.8) is 0 Å². The number of nitrogens with zero attached hydrogens (tertiary/aromatic N) is 3. The zero-order valence-electron chi connectivity index (χ0n) is 7.23. The maximum absolute atomic E-state index is 10.8. The fraction of sp³-hybridized carbons (Fsp3) is 0.571. The highest BCUT2D eigenvalue weighted by Crippen LogP contribution is 2.13. The van der Waals surface area contributed by atoms with E-state index < -0.39 is 11.7 Å². The SMILES string of the molecule is [B]C(=O)N1C/C(=N\OC)C(C#N)C1. The van der Waals surface area contributed by atoms with Crippen molar-refractivity contribution in [2.24, 2.45) is 11.1 Å². The summed E-state index contributed by atoms with van der Waals surface area (Å²) in [6.45, 7) is 0.579. The summed E-state index contributed by atoms with van der Waals surface area (Å²) in [6, 6.07) is 2.02. The molecule has 1 fully saturated rings. The Hall–Kier alpha value is -1.51. The molecule has 0 aromatic rings. The van der Waals surface area contributed by atoms with E-state index in [1.807, 2.05) is 6.07 Å². The predicted molar refractivity (Wildman–Crippen MR) is 46.3 cm³/mol. The van der Waals surface area contributed by atoms with Gasteiger partial charge in [-0.1, -0.05) is 5.16 Å². The lowest BCUT2D eigenvalue weighted by atomic mass is 10.1. The molecule has 0 aliphatic carbocycles. The maximum Gasteiger partial charge on any atom is 0.200 e. The summed E-state index contributed by atoms with van der Waals surface area (Å²) in [6.07, 6.45) is 0. The number of nitriles is 1. The minimum absolute atomic E-state index is 0.279. The predicted octanol–water partition coefficient (Wildman–Crippen LogP) is -0.267. The molecule has 5 nitrogen and oxygen atoms in total.